The summed E-state index contributed by atoms with van der Waals surface area (Å²) < 4.78 is 26.6. The minimum atomic E-state index is -3.54. The second-order valence-electron chi connectivity index (χ2n) is 4.61. The van der Waals surface area contributed by atoms with Gasteiger partial charge in [-0.1, -0.05) is 18.0 Å². The van der Waals surface area contributed by atoms with Gasteiger partial charge in [0.1, 0.15) is 4.90 Å². The number of rotatable bonds is 3. The highest BCUT2D eigenvalue weighted by Crippen LogP contribution is 2.27. The molecule has 0 radical (unpaired) electrons. The maximum absolute atomic E-state index is 12.5. The first kappa shape index (κ1) is 14.5. The van der Waals surface area contributed by atoms with Gasteiger partial charge in [-0.3, -0.25) is 0 Å². The van der Waals surface area contributed by atoms with Crippen molar-refractivity contribution in [3.63, 3.8) is 0 Å². The highest BCUT2D eigenvalue weighted by molar-refractivity contribution is 7.89. The maximum atomic E-state index is 12.5. The van der Waals surface area contributed by atoms with E-state index in [0.717, 1.165) is 19.3 Å². The van der Waals surface area contributed by atoms with Gasteiger partial charge < -0.3 is 5.43 Å². The second kappa shape index (κ2) is 5.62. The zero-order valence-electron chi connectivity index (χ0n) is 10.6. The fourth-order valence-electron chi connectivity index (χ4n) is 2.23. The van der Waals surface area contributed by atoms with E-state index in [1.165, 1.54) is 16.6 Å². The van der Waals surface area contributed by atoms with E-state index in [4.69, 9.17) is 17.4 Å². The van der Waals surface area contributed by atoms with Gasteiger partial charge in [0.05, 0.1) is 5.02 Å². The molecule has 106 valence electrons. The second-order valence-corrected chi connectivity index (χ2v) is 6.90. The Balaban J connectivity index is 2.36. The van der Waals surface area contributed by atoms with E-state index >= 15 is 0 Å². The third-order valence-corrected chi connectivity index (χ3v) is 5.57. The van der Waals surface area contributed by atoms with Crippen LogP contribution in [0.3, 0.4) is 0 Å². The van der Waals surface area contributed by atoms with E-state index in [-0.39, 0.29) is 21.8 Å². The third-order valence-electron chi connectivity index (χ3n) is 3.30. The highest BCUT2D eigenvalue weighted by Gasteiger charge is 2.31. The molecule has 1 aliphatic rings. The predicted octanol–water partition coefficient (Wildman–Crippen LogP) is 1.58. The van der Waals surface area contributed by atoms with Gasteiger partial charge in [0.15, 0.2) is 5.82 Å². The number of halogens is 1. The minimum absolute atomic E-state index is 0.00448. The van der Waals surface area contributed by atoms with Gasteiger partial charge in [0.25, 0.3) is 0 Å². The number of hydrazine groups is 1. The summed E-state index contributed by atoms with van der Waals surface area (Å²) in [7, 11) is -3.54. The fraction of sp³-hybridized carbons (Fsp3) is 0.545. The summed E-state index contributed by atoms with van der Waals surface area (Å²) in [5.41, 5.74) is 2.31. The normalized spacial score (nSPS) is 21.3. The predicted molar refractivity (Wildman–Crippen MR) is 74.3 cm³/mol. The van der Waals surface area contributed by atoms with Gasteiger partial charge in [0.2, 0.25) is 10.0 Å². The van der Waals surface area contributed by atoms with Crippen LogP contribution in [0.2, 0.25) is 5.02 Å². The Hall–Kier alpha value is -0.890. The Morgan fingerprint density at radius 1 is 1.53 bits per heavy atom. The maximum Gasteiger partial charge on any atom is 0.244 e. The van der Waals surface area contributed by atoms with Crippen LogP contribution in [-0.4, -0.2) is 30.3 Å². The van der Waals surface area contributed by atoms with Gasteiger partial charge in [0, 0.05) is 18.8 Å². The molecule has 1 aromatic heterocycles. The summed E-state index contributed by atoms with van der Waals surface area (Å²) in [6.45, 7) is 2.46. The third kappa shape index (κ3) is 2.84. The SMILES string of the molecule is CC1CCCCN1S(=O)(=O)c1cnc(NN)c(Cl)c1. The molecule has 0 bridgehead atoms. The Morgan fingerprint density at radius 2 is 2.26 bits per heavy atom. The lowest BCUT2D eigenvalue weighted by molar-refractivity contribution is 0.268. The standard InChI is InChI=1S/C11H17ClN4O2S/c1-8-4-2-3-5-16(8)19(17,18)9-6-10(12)11(15-13)14-7-9/h6-8H,2-5,13H2,1H3,(H,14,15). The summed E-state index contributed by atoms with van der Waals surface area (Å²) in [5.74, 6) is 5.47. The molecule has 0 spiro atoms. The highest BCUT2D eigenvalue weighted by atomic mass is 35.5. The lowest BCUT2D eigenvalue weighted by Crippen LogP contribution is -2.41. The number of aromatic nitrogens is 1. The largest absolute Gasteiger partial charge is 0.307 e. The molecule has 1 aliphatic heterocycles. The molecule has 3 N–H and O–H groups in total. The number of sulfonamides is 1. The summed E-state index contributed by atoms with van der Waals surface area (Å²) >= 11 is 5.92. The van der Waals surface area contributed by atoms with Crippen molar-refractivity contribution in [2.75, 3.05) is 12.0 Å². The number of nitrogens with one attached hydrogen (secondary N) is 1. The van der Waals surface area contributed by atoms with E-state index in [0.29, 0.717) is 6.54 Å². The van der Waals surface area contributed by atoms with Crippen molar-refractivity contribution in [1.82, 2.24) is 9.29 Å². The minimum Gasteiger partial charge on any atom is -0.307 e. The van der Waals surface area contributed by atoms with Crippen LogP contribution < -0.4 is 11.3 Å². The first-order valence-electron chi connectivity index (χ1n) is 6.11. The molecule has 0 amide bonds. The number of hydrogen-bond donors (Lipinski definition) is 2. The monoisotopic (exact) mass is 304 g/mol. The van der Waals surface area contributed by atoms with E-state index < -0.39 is 10.0 Å². The number of anilines is 1. The van der Waals surface area contributed by atoms with Crippen molar-refractivity contribution >= 4 is 27.4 Å². The molecule has 1 aromatic rings. The van der Waals surface area contributed by atoms with E-state index in [1.54, 1.807) is 0 Å². The van der Waals surface area contributed by atoms with Crippen molar-refractivity contribution in [2.45, 2.75) is 37.1 Å². The number of hydrogen-bond acceptors (Lipinski definition) is 5. The lowest BCUT2D eigenvalue weighted by Gasteiger charge is -2.32. The molecule has 19 heavy (non-hydrogen) atoms. The average molecular weight is 305 g/mol. The Labute approximate surface area is 118 Å². The van der Waals surface area contributed by atoms with Crippen molar-refractivity contribution in [1.29, 1.82) is 0 Å². The summed E-state index contributed by atoms with van der Waals surface area (Å²) in [6.07, 6.45) is 4.09. The van der Waals surface area contributed by atoms with Crippen LogP contribution in [0.15, 0.2) is 17.2 Å². The summed E-state index contributed by atoms with van der Waals surface area (Å²) in [6, 6.07) is 1.38. The van der Waals surface area contributed by atoms with E-state index in [2.05, 4.69) is 10.4 Å². The Morgan fingerprint density at radius 3 is 2.84 bits per heavy atom. The average Bonchev–Trinajstić information content (AvgIpc) is 2.39. The van der Waals surface area contributed by atoms with Crippen molar-refractivity contribution in [3.8, 4) is 0 Å². The summed E-state index contributed by atoms with van der Waals surface area (Å²) in [4.78, 5) is 4.01. The molecule has 1 fully saturated rings. The molecule has 1 atom stereocenters. The Bertz CT molecular complexity index is 564. The number of nitrogens with two attached hydrogens (primary N) is 1. The fourth-order valence-corrected chi connectivity index (χ4v) is 4.19. The molecule has 0 saturated carbocycles. The molecule has 2 heterocycles. The molecule has 1 unspecified atom stereocenters. The molecule has 0 aromatic carbocycles. The van der Waals surface area contributed by atoms with Crippen LogP contribution in [0.4, 0.5) is 5.82 Å². The van der Waals surface area contributed by atoms with Crippen molar-refractivity contribution in [2.24, 2.45) is 5.84 Å². The van der Waals surface area contributed by atoms with Gasteiger partial charge in [-0.2, -0.15) is 4.31 Å². The van der Waals surface area contributed by atoms with E-state index in [1.807, 2.05) is 6.92 Å². The van der Waals surface area contributed by atoms with Crippen LogP contribution in [0.1, 0.15) is 26.2 Å². The van der Waals surface area contributed by atoms with Crippen LogP contribution in [0.25, 0.3) is 0 Å². The topological polar surface area (TPSA) is 88.3 Å². The Kier molecular flexibility index (Phi) is 4.29. The zero-order chi connectivity index (χ0) is 14.0. The molecule has 0 aliphatic carbocycles. The number of nitrogens with zero attached hydrogens (tertiary/aromatic N) is 2. The molecule has 6 nitrogen and oxygen atoms in total. The van der Waals surface area contributed by atoms with Crippen LogP contribution in [0, 0.1) is 0 Å². The summed E-state index contributed by atoms with van der Waals surface area (Å²) in [5, 5.41) is 0.188. The molecular weight excluding hydrogens is 288 g/mol. The van der Waals surface area contributed by atoms with Crippen molar-refractivity contribution in [3.05, 3.63) is 17.3 Å². The molecule has 1 saturated heterocycles. The number of nitrogen functional groups attached to an aromatic ring is 1. The quantitative estimate of drug-likeness (QED) is 0.654. The van der Waals surface area contributed by atoms with Gasteiger partial charge in [-0.25, -0.2) is 19.2 Å². The first-order chi connectivity index (χ1) is 8.96. The number of pyridine rings is 1. The van der Waals surface area contributed by atoms with Crippen LogP contribution in [-0.2, 0) is 10.0 Å². The van der Waals surface area contributed by atoms with Gasteiger partial charge in [-0.05, 0) is 25.8 Å². The van der Waals surface area contributed by atoms with Gasteiger partial charge >= 0.3 is 0 Å². The number of piperidine rings is 1. The lowest BCUT2D eigenvalue weighted by atomic mass is 10.1. The molecule has 8 heteroatoms. The van der Waals surface area contributed by atoms with Crippen LogP contribution in [0.5, 0.6) is 0 Å². The zero-order valence-corrected chi connectivity index (χ0v) is 12.2. The van der Waals surface area contributed by atoms with Crippen LogP contribution >= 0.6 is 11.6 Å². The van der Waals surface area contributed by atoms with Gasteiger partial charge in [-0.15, -0.1) is 0 Å². The van der Waals surface area contributed by atoms with Crippen molar-refractivity contribution < 1.29 is 8.42 Å². The first-order valence-corrected chi connectivity index (χ1v) is 7.92. The smallest absolute Gasteiger partial charge is 0.244 e. The molecular formula is C11H17ClN4O2S. The molecule has 2 rings (SSSR count). The van der Waals surface area contributed by atoms with E-state index in [9.17, 15) is 8.42 Å².